The largest absolute Gasteiger partial charge is 0.308 e. The van der Waals surface area contributed by atoms with Crippen LogP contribution in [0.25, 0.3) is 22.0 Å². The SMILES string of the molecule is Cc1ccccc1C(=O)N1CCc2cc(-c3nc(NC(=O)c4ccc5ccccc5c4)sc3C)ccc21. The van der Waals surface area contributed by atoms with E-state index in [-0.39, 0.29) is 11.8 Å². The van der Waals surface area contributed by atoms with Crippen molar-refractivity contribution in [1.82, 2.24) is 4.98 Å². The molecule has 0 spiro atoms. The summed E-state index contributed by atoms with van der Waals surface area (Å²) in [5, 5.41) is 5.67. The highest BCUT2D eigenvalue weighted by Gasteiger charge is 2.27. The predicted molar refractivity (Wildman–Crippen MR) is 151 cm³/mol. The van der Waals surface area contributed by atoms with Crippen molar-refractivity contribution in [3.8, 4) is 11.3 Å². The molecule has 0 saturated heterocycles. The van der Waals surface area contributed by atoms with Crippen molar-refractivity contribution in [2.45, 2.75) is 20.3 Å². The second-order valence-corrected chi connectivity index (χ2v) is 10.5. The molecule has 0 fully saturated rings. The molecule has 1 N–H and O–H groups in total. The van der Waals surface area contributed by atoms with Crippen LogP contribution in [0, 0.1) is 13.8 Å². The van der Waals surface area contributed by atoms with Crippen molar-refractivity contribution in [2.75, 3.05) is 16.8 Å². The summed E-state index contributed by atoms with van der Waals surface area (Å²) in [5.41, 5.74) is 6.25. The molecule has 2 amide bonds. The second-order valence-electron chi connectivity index (χ2n) is 9.31. The molecule has 6 heteroatoms. The Labute approximate surface area is 219 Å². The lowest BCUT2D eigenvalue weighted by molar-refractivity contribution is 0.0987. The van der Waals surface area contributed by atoms with E-state index in [0.29, 0.717) is 17.2 Å². The first-order valence-electron chi connectivity index (χ1n) is 12.3. The smallest absolute Gasteiger partial charge is 0.258 e. The van der Waals surface area contributed by atoms with Gasteiger partial charge in [-0.05, 0) is 72.5 Å². The first-order chi connectivity index (χ1) is 18.0. The Morgan fingerprint density at radius 3 is 2.51 bits per heavy atom. The maximum absolute atomic E-state index is 13.2. The highest BCUT2D eigenvalue weighted by Crippen LogP contribution is 2.36. The van der Waals surface area contributed by atoms with E-state index in [1.807, 2.05) is 97.6 Å². The first-order valence-corrected chi connectivity index (χ1v) is 13.1. The molecule has 0 radical (unpaired) electrons. The quantitative estimate of drug-likeness (QED) is 0.286. The van der Waals surface area contributed by atoms with E-state index in [0.717, 1.165) is 55.7 Å². The van der Waals surface area contributed by atoms with Gasteiger partial charge >= 0.3 is 0 Å². The summed E-state index contributed by atoms with van der Waals surface area (Å²) < 4.78 is 0. The summed E-state index contributed by atoms with van der Waals surface area (Å²) in [5.74, 6) is -0.140. The minimum atomic E-state index is -0.176. The van der Waals surface area contributed by atoms with E-state index < -0.39 is 0 Å². The number of fused-ring (bicyclic) bond motifs is 2. The van der Waals surface area contributed by atoms with E-state index >= 15 is 0 Å². The first kappa shape index (κ1) is 23.1. The summed E-state index contributed by atoms with van der Waals surface area (Å²) in [6.45, 7) is 4.64. The molecule has 1 aliphatic rings. The average molecular weight is 504 g/mol. The number of amides is 2. The molecule has 1 aliphatic heterocycles. The number of anilines is 2. The molecular formula is C31H25N3O2S. The zero-order chi connectivity index (χ0) is 25.5. The van der Waals surface area contributed by atoms with E-state index in [9.17, 15) is 9.59 Å². The number of hydrogen-bond acceptors (Lipinski definition) is 4. The highest BCUT2D eigenvalue weighted by molar-refractivity contribution is 7.16. The standard InChI is InChI=1S/C31H25N3O2S/c1-19-7-3-6-10-26(19)30(36)34-16-15-23-18-24(13-14-27(23)34)28-20(2)37-31(32-28)33-29(35)25-12-11-21-8-4-5-9-22(21)17-25/h3-14,17-18H,15-16H2,1-2H3,(H,32,33,35). The van der Waals surface area contributed by atoms with Crippen molar-refractivity contribution in [3.63, 3.8) is 0 Å². The Hall–Kier alpha value is -4.29. The van der Waals surface area contributed by atoms with Crippen molar-refractivity contribution < 1.29 is 9.59 Å². The molecule has 4 aromatic carbocycles. The fourth-order valence-corrected chi connectivity index (χ4v) is 5.77. The zero-order valence-electron chi connectivity index (χ0n) is 20.6. The summed E-state index contributed by atoms with van der Waals surface area (Å²) in [6.07, 6.45) is 0.801. The molecule has 6 rings (SSSR count). The minimum absolute atomic E-state index is 0.0353. The maximum Gasteiger partial charge on any atom is 0.258 e. The van der Waals surface area contributed by atoms with Crippen LogP contribution >= 0.6 is 11.3 Å². The van der Waals surface area contributed by atoms with Crippen molar-refractivity contribution >= 4 is 44.7 Å². The van der Waals surface area contributed by atoms with E-state index in [4.69, 9.17) is 4.98 Å². The van der Waals surface area contributed by atoms with Gasteiger partial charge in [0.15, 0.2) is 5.13 Å². The monoisotopic (exact) mass is 503 g/mol. The van der Waals surface area contributed by atoms with E-state index in [1.165, 1.54) is 11.3 Å². The number of aryl methyl sites for hydroxylation is 2. The predicted octanol–water partition coefficient (Wildman–Crippen LogP) is 7.04. The molecule has 5 aromatic rings. The summed E-state index contributed by atoms with van der Waals surface area (Å²) in [4.78, 5) is 33.8. The molecule has 5 nitrogen and oxygen atoms in total. The third-order valence-corrected chi connectivity index (χ3v) is 7.78. The van der Waals surface area contributed by atoms with Gasteiger partial charge in [0, 0.05) is 33.8 Å². The van der Waals surface area contributed by atoms with Crippen LogP contribution in [-0.4, -0.2) is 23.3 Å². The zero-order valence-corrected chi connectivity index (χ0v) is 21.4. The molecule has 0 unspecified atom stereocenters. The third-order valence-electron chi connectivity index (χ3n) is 6.90. The Morgan fingerprint density at radius 1 is 0.892 bits per heavy atom. The van der Waals surface area contributed by atoms with Crippen LogP contribution in [0.4, 0.5) is 10.8 Å². The molecule has 0 aliphatic carbocycles. The summed E-state index contributed by atoms with van der Waals surface area (Å²) >= 11 is 1.47. The van der Waals surface area contributed by atoms with Crippen LogP contribution in [0.15, 0.2) is 84.9 Å². The lowest BCUT2D eigenvalue weighted by atomic mass is 10.0. The molecule has 0 saturated carbocycles. The summed E-state index contributed by atoms with van der Waals surface area (Å²) in [6, 6.07) is 27.5. The lowest BCUT2D eigenvalue weighted by Crippen LogP contribution is -2.29. The number of aromatic nitrogens is 1. The van der Waals surface area contributed by atoms with Gasteiger partial charge in [0.05, 0.1) is 5.69 Å². The normalized spacial score (nSPS) is 12.5. The molecule has 37 heavy (non-hydrogen) atoms. The van der Waals surface area contributed by atoms with E-state index in [2.05, 4.69) is 11.4 Å². The lowest BCUT2D eigenvalue weighted by Gasteiger charge is -2.18. The van der Waals surface area contributed by atoms with Gasteiger partial charge in [-0.2, -0.15) is 0 Å². The number of nitrogens with one attached hydrogen (secondary N) is 1. The molecular weight excluding hydrogens is 478 g/mol. The number of nitrogens with zero attached hydrogens (tertiary/aromatic N) is 2. The molecule has 1 aromatic heterocycles. The number of hydrogen-bond donors (Lipinski definition) is 1. The molecule has 182 valence electrons. The van der Waals surface area contributed by atoms with E-state index in [1.54, 1.807) is 0 Å². The van der Waals surface area contributed by atoms with Gasteiger partial charge in [0.1, 0.15) is 0 Å². The van der Waals surface area contributed by atoms with Crippen molar-refractivity contribution in [3.05, 3.63) is 112 Å². The molecule has 2 heterocycles. The number of carbonyl (C=O) groups excluding carboxylic acids is 2. The van der Waals surface area contributed by atoms with Crippen LogP contribution in [-0.2, 0) is 6.42 Å². The highest BCUT2D eigenvalue weighted by atomic mass is 32.1. The van der Waals surface area contributed by atoms with Crippen LogP contribution in [0.5, 0.6) is 0 Å². The van der Waals surface area contributed by atoms with Crippen LogP contribution in [0.2, 0.25) is 0 Å². The number of thiazole rings is 1. The Bertz CT molecular complexity index is 1690. The summed E-state index contributed by atoms with van der Waals surface area (Å²) in [7, 11) is 0. The van der Waals surface area contributed by atoms with Gasteiger partial charge in [-0.3, -0.25) is 14.9 Å². The third kappa shape index (κ3) is 4.30. The molecule has 0 bridgehead atoms. The molecule has 0 atom stereocenters. The van der Waals surface area contributed by atoms with Gasteiger partial charge in [-0.15, -0.1) is 11.3 Å². The fraction of sp³-hybridized carbons (Fsp3) is 0.129. The Morgan fingerprint density at radius 2 is 1.68 bits per heavy atom. The van der Waals surface area contributed by atoms with Gasteiger partial charge in [0.2, 0.25) is 0 Å². The van der Waals surface area contributed by atoms with Crippen LogP contribution in [0.3, 0.4) is 0 Å². The van der Waals surface area contributed by atoms with Crippen LogP contribution < -0.4 is 10.2 Å². The Balaban J connectivity index is 1.23. The topological polar surface area (TPSA) is 62.3 Å². The van der Waals surface area contributed by atoms with Gasteiger partial charge in [0.25, 0.3) is 11.8 Å². The maximum atomic E-state index is 13.2. The minimum Gasteiger partial charge on any atom is -0.308 e. The number of rotatable bonds is 4. The second kappa shape index (κ2) is 9.30. The van der Waals surface area contributed by atoms with Crippen molar-refractivity contribution in [2.24, 2.45) is 0 Å². The fourth-order valence-electron chi connectivity index (χ4n) is 4.94. The van der Waals surface area contributed by atoms with Crippen molar-refractivity contribution in [1.29, 1.82) is 0 Å². The van der Waals surface area contributed by atoms with Gasteiger partial charge in [-0.1, -0.05) is 54.6 Å². The van der Waals surface area contributed by atoms with Crippen LogP contribution in [0.1, 0.15) is 36.7 Å². The number of benzene rings is 4. The number of carbonyl (C=O) groups is 2. The van der Waals surface area contributed by atoms with Gasteiger partial charge < -0.3 is 4.90 Å². The van der Waals surface area contributed by atoms with Gasteiger partial charge in [-0.25, -0.2) is 4.98 Å². The Kier molecular flexibility index (Phi) is 5.81. The average Bonchev–Trinajstić information content (AvgIpc) is 3.50.